The van der Waals surface area contributed by atoms with Crippen molar-refractivity contribution in [3.8, 4) is 0 Å². The summed E-state index contributed by atoms with van der Waals surface area (Å²) < 4.78 is 24.1. The fourth-order valence-electron chi connectivity index (χ4n) is 2.75. The van der Waals surface area contributed by atoms with Gasteiger partial charge < -0.3 is 5.11 Å². The van der Waals surface area contributed by atoms with E-state index in [1.54, 1.807) is 0 Å². The van der Waals surface area contributed by atoms with Crippen LogP contribution >= 0.6 is 0 Å². The van der Waals surface area contributed by atoms with E-state index in [2.05, 4.69) is 0 Å². The van der Waals surface area contributed by atoms with Crippen molar-refractivity contribution in [1.29, 1.82) is 0 Å². The van der Waals surface area contributed by atoms with Crippen LogP contribution < -0.4 is 0 Å². The molecule has 0 heterocycles. The van der Waals surface area contributed by atoms with Gasteiger partial charge in [-0.3, -0.25) is 0 Å². The van der Waals surface area contributed by atoms with Gasteiger partial charge in [-0.15, -0.1) is 0 Å². The highest BCUT2D eigenvalue weighted by molar-refractivity contribution is 7.93. The van der Waals surface area contributed by atoms with Crippen LogP contribution in [0.2, 0.25) is 0 Å². The third kappa shape index (κ3) is 1.29. The molecule has 4 nitrogen and oxygen atoms in total. The molecule has 0 radical (unpaired) electrons. The Hall–Kier alpha value is -1.36. The molecule has 0 aliphatic heterocycles. The minimum absolute atomic E-state index is 0.113. The fraction of sp³-hybridized carbons (Fsp3) is 0.417. The molecule has 1 aromatic carbocycles. The second-order valence-corrected chi connectivity index (χ2v) is 7.34. The van der Waals surface area contributed by atoms with E-state index >= 15 is 0 Å². The second-order valence-electron chi connectivity index (χ2n) is 4.99. The molecule has 1 N–H and O–H groups in total. The van der Waals surface area contributed by atoms with Crippen molar-refractivity contribution in [2.75, 3.05) is 0 Å². The average molecular weight is 252 g/mol. The molecule has 2 bridgehead atoms. The van der Waals surface area contributed by atoms with E-state index in [1.807, 2.05) is 0 Å². The molecule has 0 saturated heterocycles. The van der Waals surface area contributed by atoms with Crippen LogP contribution in [0.3, 0.4) is 0 Å². The Kier molecular flexibility index (Phi) is 1.96. The van der Waals surface area contributed by atoms with E-state index < -0.39 is 20.6 Å². The van der Waals surface area contributed by atoms with Gasteiger partial charge in [-0.05, 0) is 49.4 Å². The summed E-state index contributed by atoms with van der Waals surface area (Å²) in [4.78, 5) is 10.9. The standard InChI is InChI=1S/C12H12O4S/c13-11(14)9-1-3-10(4-2-9)17(15,16)12-5-8(6-12)7-12/h1-4,8H,5-7H2,(H,13,14). The molecule has 90 valence electrons. The summed E-state index contributed by atoms with van der Waals surface area (Å²) in [5, 5.41) is 8.75. The summed E-state index contributed by atoms with van der Waals surface area (Å²) in [5.74, 6) is -0.442. The minimum Gasteiger partial charge on any atom is -0.478 e. The summed E-state index contributed by atoms with van der Waals surface area (Å²) in [6, 6.07) is 5.50. The molecule has 3 aliphatic rings. The summed E-state index contributed by atoms with van der Waals surface area (Å²) in [5.41, 5.74) is 0.113. The van der Waals surface area contributed by atoms with Gasteiger partial charge in [-0.1, -0.05) is 0 Å². The molecule has 3 fully saturated rings. The maximum atomic E-state index is 12.3. The first-order valence-corrected chi connectivity index (χ1v) is 7.01. The van der Waals surface area contributed by atoms with Crippen molar-refractivity contribution in [3.63, 3.8) is 0 Å². The quantitative estimate of drug-likeness (QED) is 0.889. The van der Waals surface area contributed by atoms with Crippen molar-refractivity contribution >= 4 is 15.8 Å². The Morgan fingerprint density at radius 2 is 1.71 bits per heavy atom. The lowest BCUT2D eigenvalue weighted by atomic mass is 9.55. The lowest BCUT2D eigenvalue weighted by molar-refractivity contribution is 0.0483. The van der Waals surface area contributed by atoms with Crippen molar-refractivity contribution in [2.24, 2.45) is 5.92 Å². The largest absolute Gasteiger partial charge is 0.478 e. The molecule has 3 aliphatic carbocycles. The summed E-state index contributed by atoms with van der Waals surface area (Å²) >= 11 is 0. The van der Waals surface area contributed by atoms with Crippen LogP contribution in [0.25, 0.3) is 0 Å². The molecule has 4 rings (SSSR count). The molecule has 17 heavy (non-hydrogen) atoms. The van der Waals surface area contributed by atoms with Crippen LogP contribution in [0.5, 0.6) is 0 Å². The summed E-state index contributed by atoms with van der Waals surface area (Å²) in [6.07, 6.45) is 2.32. The Morgan fingerprint density at radius 3 is 2.06 bits per heavy atom. The number of hydrogen-bond donors (Lipinski definition) is 1. The Morgan fingerprint density at radius 1 is 1.18 bits per heavy atom. The first kappa shape index (κ1) is 10.8. The molecule has 1 aromatic rings. The monoisotopic (exact) mass is 252 g/mol. The fourth-order valence-corrected chi connectivity index (χ4v) is 5.11. The van der Waals surface area contributed by atoms with Gasteiger partial charge in [0.1, 0.15) is 0 Å². The number of hydrogen-bond acceptors (Lipinski definition) is 3. The molecule has 0 aromatic heterocycles. The molecular weight excluding hydrogens is 240 g/mol. The average Bonchev–Trinajstić information content (AvgIpc) is 2.12. The maximum absolute atomic E-state index is 12.3. The van der Waals surface area contributed by atoms with Crippen LogP contribution in [-0.2, 0) is 9.84 Å². The highest BCUT2D eigenvalue weighted by Gasteiger charge is 2.64. The molecule has 0 spiro atoms. The lowest BCUT2D eigenvalue weighted by Gasteiger charge is -2.60. The summed E-state index contributed by atoms with van der Waals surface area (Å²) in [6.45, 7) is 0. The summed E-state index contributed by atoms with van der Waals surface area (Å²) in [7, 11) is -3.27. The van der Waals surface area contributed by atoms with Crippen molar-refractivity contribution < 1.29 is 18.3 Å². The topological polar surface area (TPSA) is 71.4 Å². The third-order valence-electron chi connectivity index (χ3n) is 3.96. The molecule has 0 unspecified atom stereocenters. The predicted octanol–water partition coefficient (Wildman–Crippen LogP) is 1.71. The normalized spacial score (nSPS) is 30.2. The second kappa shape index (κ2) is 3.10. The van der Waals surface area contributed by atoms with Gasteiger partial charge >= 0.3 is 5.97 Å². The van der Waals surface area contributed by atoms with E-state index in [4.69, 9.17) is 5.11 Å². The van der Waals surface area contributed by atoms with E-state index in [-0.39, 0.29) is 10.5 Å². The number of benzene rings is 1. The van der Waals surface area contributed by atoms with Crippen LogP contribution in [0.15, 0.2) is 29.2 Å². The van der Waals surface area contributed by atoms with E-state index in [9.17, 15) is 13.2 Å². The Labute approximate surface area is 99.2 Å². The van der Waals surface area contributed by atoms with E-state index in [0.717, 1.165) is 19.3 Å². The lowest BCUT2D eigenvalue weighted by Crippen LogP contribution is -2.62. The first-order valence-electron chi connectivity index (χ1n) is 5.53. The molecule has 5 heteroatoms. The highest BCUT2D eigenvalue weighted by atomic mass is 32.2. The number of sulfone groups is 1. The van der Waals surface area contributed by atoms with Gasteiger partial charge in [0, 0.05) is 0 Å². The van der Waals surface area contributed by atoms with Crippen LogP contribution in [0.1, 0.15) is 29.6 Å². The van der Waals surface area contributed by atoms with Crippen molar-refractivity contribution in [3.05, 3.63) is 29.8 Å². The zero-order valence-corrected chi connectivity index (χ0v) is 9.90. The minimum atomic E-state index is -3.27. The smallest absolute Gasteiger partial charge is 0.335 e. The molecule has 0 amide bonds. The van der Waals surface area contributed by atoms with Crippen molar-refractivity contribution in [1.82, 2.24) is 0 Å². The number of carboxylic acid groups (broad SMARTS) is 1. The van der Waals surface area contributed by atoms with Gasteiger partial charge in [0.25, 0.3) is 0 Å². The molecule has 0 atom stereocenters. The highest BCUT2D eigenvalue weighted by Crippen LogP contribution is 2.63. The SMILES string of the molecule is O=C(O)c1ccc(S(=O)(=O)C23CC(C2)C3)cc1. The van der Waals surface area contributed by atoms with Gasteiger partial charge in [0.15, 0.2) is 9.84 Å². The molecule has 3 saturated carbocycles. The molecular formula is C12H12O4S. The zero-order chi connectivity index (χ0) is 12.3. The van der Waals surface area contributed by atoms with E-state index in [0.29, 0.717) is 5.92 Å². The van der Waals surface area contributed by atoms with Crippen LogP contribution in [-0.4, -0.2) is 24.2 Å². The van der Waals surface area contributed by atoms with E-state index in [1.165, 1.54) is 24.3 Å². The first-order chi connectivity index (χ1) is 7.95. The zero-order valence-electron chi connectivity index (χ0n) is 9.09. The number of carboxylic acids is 1. The van der Waals surface area contributed by atoms with Crippen LogP contribution in [0.4, 0.5) is 0 Å². The Bertz CT molecular complexity index is 568. The van der Waals surface area contributed by atoms with Gasteiger partial charge in [0.2, 0.25) is 0 Å². The number of rotatable bonds is 3. The van der Waals surface area contributed by atoms with Crippen LogP contribution in [0, 0.1) is 5.92 Å². The van der Waals surface area contributed by atoms with Gasteiger partial charge in [0.05, 0.1) is 15.2 Å². The Balaban J connectivity index is 1.96. The van der Waals surface area contributed by atoms with Gasteiger partial charge in [-0.2, -0.15) is 0 Å². The van der Waals surface area contributed by atoms with Gasteiger partial charge in [-0.25, -0.2) is 13.2 Å². The predicted molar refractivity (Wildman–Crippen MR) is 60.7 cm³/mol. The third-order valence-corrected chi connectivity index (χ3v) is 6.50. The maximum Gasteiger partial charge on any atom is 0.335 e. The number of carbonyl (C=O) groups is 1. The van der Waals surface area contributed by atoms with Crippen molar-refractivity contribution in [2.45, 2.75) is 28.9 Å². The number of aromatic carboxylic acids is 1.